The summed E-state index contributed by atoms with van der Waals surface area (Å²) in [6, 6.07) is 0.696. The lowest BCUT2D eigenvalue weighted by Crippen LogP contribution is -2.28. The van der Waals surface area contributed by atoms with E-state index < -0.39 is 0 Å². The van der Waals surface area contributed by atoms with Crippen LogP contribution in [0.2, 0.25) is 0 Å². The molecule has 0 saturated carbocycles. The standard InChI is InChI=1S/C18H22N6O3.C5H11NO/c1-3-24-17-13(10-20-24)16(21-12-4-6-26-7-5-12)14(9-19-17)18-22-15(23-27-18)8-11(2)25;6-5-1-3-7-4-2-5/h9-10,12H,3-8H2,1-2H3,(H,19,21);5H,1-4,6H2. The van der Waals surface area contributed by atoms with Crippen LogP contribution in [0.3, 0.4) is 0 Å². The van der Waals surface area contributed by atoms with E-state index in [0.29, 0.717) is 23.3 Å². The molecule has 2 aliphatic heterocycles. The predicted molar refractivity (Wildman–Crippen MR) is 126 cm³/mol. The Morgan fingerprint density at radius 1 is 1.15 bits per heavy atom. The fourth-order valence-electron chi connectivity index (χ4n) is 4.00. The van der Waals surface area contributed by atoms with Crippen molar-refractivity contribution in [2.75, 3.05) is 31.7 Å². The summed E-state index contributed by atoms with van der Waals surface area (Å²) >= 11 is 0. The third-order valence-corrected chi connectivity index (χ3v) is 5.91. The number of nitrogens with two attached hydrogens (primary N) is 1. The number of ketones is 1. The van der Waals surface area contributed by atoms with Gasteiger partial charge in [-0.1, -0.05) is 5.16 Å². The van der Waals surface area contributed by atoms with Crippen LogP contribution in [-0.4, -0.2) is 69.2 Å². The van der Waals surface area contributed by atoms with Gasteiger partial charge < -0.3 is 25.0 Å². The summed E-state index contributed by atoms with van der Waals surface area (Å²) in [5, 5.41) is 12.9. The molecule has 5 rings (SSSR count). The van der Waals surface area contributed by atoms with E-state index in [0.717, 1.165) is 75.4 Å². The molecule has 0 radical (unpaired) electrons. The van der Waals surface area contributed by atoms with Crippen LogP contribution in [0.1, 0.15) is 45.4 Å². The number of aryl methyl sites for hydroxylation is 1. The summed E-state index contributed by atoms with van der Waals surface area (Å²) in [6.45, 7) is 7.45. The van der Waals surface area contributed by atoms with E-state index in [4.69, 9.17) is 19.7 Å². The first kappa shape index (κ1) is 24.2. The van der Waals surface area contributed by atoms with E-state index >= 15 is 0 Å². The van der Waals surface area contributed by atoms with Crippen molar-refractivity contribution in [1.82, 2.24) is 24.9 Å². The molecular formula is C23H33N7O4. The minimum absolute atomic E-state index is 0.0132. The SMILES string of the molecule is CCn1ncc2c(NC3CCOCC3)c(-c3nc(CC(C)=O)no3)cnc21.NC1CCOCC1. The van der Waals surface area contributed by atoms with E-state index in [9.17, 15) is 4.79 Å². The quantitative estimate of drug-likeness (QED) is 0.550. The minimum atomic E-state index is -0.0132. The number of anilines is 1. The van der Waals surface area contributed by atoms with Crippen LogP contribution in [0.5, 0.6) is 0 Å². The van der Waals surface area contributed by atoms with Crippen molar-refractivity contribution in [3.05, 3.63) is 18.2 Å². The predicted octanol–water partition coefficient (Wildman–Crippen LogP) is 2.35. The number of Topliss-reactive ketones (excluding diaryl/α,β-unsaturated/α-hetero) is 1. The second-order valence-corrected chi connectivity index (χ2v) is 8.62. The number of hydrogen-bond donors (Lipinski definition) is 2. The summed E-state index contributed by atoms with van der Waals surface area (Å²) in [6.07, 6.45) is 7.61. The number of nitrogens with zero attached hydrogens (tertiary/aromatic N) is 5. The first-order chi connectivity index (χ1) is 16.5. The number of fused-ring (bicyclic) bond motifs is 1. The van der Waals surface area contributed by atoms with Crippen LogP contribution in [0.4, 0.5) is 5.69 Å². The van der Waals surface area contributed by atoms with Crippen LogP contribution in [0.15, 0.2) is 16.9 Å². The number of ether oxygens (including phenoxy) is 2. The third kappa shape index (κ3) is 5.96. The van der Waals surface area contributed by atoms with E-state index in [2.05, 4.69) is 25.5 Å². The van der Waals surface area contributed by atoms with Gasteiger partial charge in [0.1, 0.15) is 5.78 Å². The van der Waals surface area contributed by atoms with Gasteiger partial charge in [-0.3, -0.25) is 4.79 Å². The van der Waals surface area contributed by atoms with Gasteiger partial charge in [-0.15, -0.1) is 0 Å². The molecule has 184 valence electrons. The van der Waals surface area contributed by atoms with E-state index in [1.54, 1.807) is 6.20 Å². The Balaban J connectivity index is 0.000000336. The van der Waals surface area contributed by atoms with Crippen molar-refractivity contribution in [2.24, 2.45) is 5.73 Å². The molecule has 3 N–H and O–H groups in total. The molecule has 2 aliphatic rings. The second-order valence-electron chi connectivity index (χ2n) is 8.62. The smallest absolute Gasteiger partial charge is 0.261 e. The lowest BCUT2D eigenvalue weighted by Gasteiger charge is -2.25. The molecule has 34 heavy (non-hydrogen) atoms. The van der Waals surface area contributed by atoms with Gasteiger partial charge in [-0.05, 0) is 39.5 Å². The van der Waals surface area contributed by atoms with Crippen molar-refractivity contribution in [1.29, 1.82) is 0 Å². The molecule has 3 aromatic rings. The number of rotatable bonds is 6. The molecule has 0 unspecified atom stereocenters. The van der Waals surface area contributed by atoms with Crippen LogP contribution in [-0.2, 0) is 27.2 Å². The molecule has 11 nitrogen and oxygen atoms in total. The largest absolute Gasteiger partial charge is 0.381 e. The highest BCUT2D eigenvalue weighted by atomic mass is 16.5. The highest BCUT2D eigenvalue weighted by molar-refractivity contribution is 5.96. The Bertz CT molecular complexity index is 1080. The van der Waals surface area contributed by atoms with Crippen LogP contribution >= 0.6 is 0 Å². The van der Waals surface area contributed by atoms with Gasteiger partial charge in [0.2, 0.25) is 0 Å². The lowest BCUT2D eigenvalue weighted by atomic mass is 10.1. The number of pyridine rings is 1. The van der Waals surface area contributed by atoms with Gasteiger partial charge in [0, 0.05) is 51.3 Å². The Kier molecular flexibility index (Phi) is 8.20. The Labute approximate surface area is 198 Å². The van der Waals surface area contributed by atoms with Crippen molar-refractivity contribution in [3.63, 3.8) is 0 Å². The summed E-state index contributed by atoms with van der Waals surface area (Å²) in [4.78, 5) is 20.3. The zero-order valence-electron chi connectivity index (χ0n) is 19.8. The van der Waals surface area contributed by atoms with Crippen molar-refractivity contribution >= 4 is 22.5 Å². The maximum atomic E-state index is 11.3. The molecule has 0 atom stereocenters. The highest BCUT2D eigenvalue weighted by Crippen LogP contribution is 2.34. The number of carbonyl (C=O) groups is 1. The van der Waals surface area contributed by atoms with Crippen molar-refractivity contribution in [3.8, 4) is 11.5 Å². The first-order valence-corrected chi connectivity index (χ1v) is 11.9. The molecule has 2 saturated heterocycles. The number of carbonyl (C=O) groups excluding carboxylic acids is 1. The second kappa shape index (κ2) is 11.5. The average molecular weight is 472 g/mol. The maximum absolute atomic E-state index is 11.3. The molecule has 0 aliphatic carbocycles. The maximum Gasteiger partial charge on any atom is 0.261 e. The van der Waals surface area contributed by atoms with Crippen LogP contribution in [0.25, 0.3) is 22.5 Å². The van der Waals surface area contributed by atoms with Gasteiger partial charge >= 0.3 is 0 Å². The lowest BCUT2D eigenvalue weighted by molar-refractivity contribution is -0.116. The van der Waals surface area contributed by atoms with Gasteiger partial charge in [-0.25, -0.2) is 9.67 Å². The van der Waals surface area contributed by atoms with E-state index in [1.807, 2.05) is 17.8 Å². The van der Waals surface area contributed by atoms with E-state index in [1.165, 1.54) is 6.92 Å². The summed E-state index contributed by atoms with van der Waals surface area (Å²) in [7, 11) is 0. The zero-order valence-corrected chi connectivity index (χ0v) is 19.8. The molecular weight excluding hydrogens is 438 g/mol. The molecule has 0 bridgehead atoms. The summed E-state index contributed by atoms with van der Waals surface area (Å²) < 4.78 is 17.8. The normalized spacial score (nSPS) is 17.4. The van der Waals surface area contributed by atoms with Crippen LogP contribution in [0, 0.1) is 0 Å². The molecule has 0 amide bonds. The van der Waals surface area contributed by atoms with Gasteiger partial charge in [0.25, 0.3) is 5.89 Å². The molecule has 11 heteroatoms. The molecule has 0 aromatic carbocycles. The zero-order chi connectivity index (χ0) is 23.9. The van der Waals surface area contributed by atoms with Crippen molar-refractivity contribution < 1.29 is 18.8 Å². The average Bonchev–Trinajstić information content (AvgIpc) is 3.47. The highest BCUT2D eigenvalue weighted by Gasteiger charge is 2.22. The Morgan fingerprint density at radius 3 is 2.47 bits per heavy atom. The number of nitrogens with one attached hydrogen (secondary N) is 1. The minimum Gasteiger partial charge on any atom is -0.381 e. The van der Waals surface area contributed by atoms with E-state index in [-0.39, 0.29) is 18.2 Å². The number of aromatic nitrogens is 5. The summed E-state index contributed by atoms with van der Waals surface area (Å²) in [5.41, 5.74) is 7.95. The summed E-state index contributed by atoms with van der Waals surface area (Å²) in [5.74, 6) is 0.707. The Hall–Kier alpha value is -2.89. The van der Waals surface area contributed by atoms with Gasteiger partial charge in [-0.2, -0.15) is 10.1 Å². The number of hydrogen-bond acceptors (Lipinski definition) is 10. The Morgan fingerprint density at radius 2 is 1.85 bits per heavy atom. The van der Waals surface area contributed by atoms with Crippen molar-refractivity contribution in [2.45, 2.75) is 64.6 Å². The van der Waals surface area contributed by atoms with Gasteiger partial charge in [0.15, 0.2) is 11.5 Å². The molecule has 2 fully saturated rings. The molecule has 5 heterocycles. The van der Waals surface area contributed by atoms with Crippen LogP contribution < -0.4 is 11.1 Å². The molecule has 3 aromatic heterocycles. The fraction of sp³-hybridized carbons (Fsp3) is 0.609. The fourth-order valence-corrected chi connectivity index (χ4v) is 4.00. The topological polar surface area (TPSA) is 143 Å². The monoisotopic (exact) mass is 471 g/mol. The third-order valence-electron chi connectivity index (χ3n) is 5.91. The van der Waals surface area contributed by atoms with Gasteiger partial charge in [0.05, 0.1) is 29.3 Å². The first-order valence-electron chi connectivity index (χ1n) is 11.9. The molecule has 0 spiro atoms.